The van der Waals surface area contributed by atoms with Crippen LogP contribution in [0, 0.1) is 18.3 Å². The highest BCUT2D eigenvalue weighted by atomic mass is 32.2. The summed E-state index contributed by atoms with van der Waals surface area (Å²) in [7, 11) is 0. The molecule has 4 rings (SSSR count). The van der Waals surface area contributed by atoms with Crippen molar-refractivity contribution in [3.63, 3.8) is 0 Å². The first kappa shape index (κ1) is 31.7. The third kappa shape index (κ3) is 7.22. The second-order valence-corrected chi connectivity index (χ2v) is 12.9. The Kier molecular flexibility index (Phi) is 9.84. The van der Waals surface area contributed by atoms with E-state index in [0.29, 0.717) is 26.7 Å². The highest BCUT2D eigenvalue weighted by molar-refractivity contribution is 8.00. The van der Waals surface area contributed by atoms with Crippen LogP contribution in [0.15, 0.2) is 65.7 Å². The number of ketones is 1. The van der Waals surface area contributed by atoms with Crippen LogP contribution in [-0.4, -0.2) is 35.0 Å². The Morgan fingerprint density at radius 3 is 2.30 bits per heavy atom. The Morgan fingerprint density at radius 2 is 1.72 bits per heavy atom. The van der Waals surface area contributed by atoms with Crippen molar-refractivity contribution < 1.29 is 19.1 Å². The van der Waals surface area contributed by atoms with Crippen molar-refractivity contribution in [2.75, 3.05) is 17.7 Å². The van der Waals surface area contributed by atoms with E-state index in [1.165, 1.54) is 12.5 Å². The molecule has 0 aliphatic heterocycles. The standard InChI is InChI=1S/C34H33N3O4S2/c1-7-41-33(40)29-20(2)30(21(3)38)43-32(29)37-28(39)19-42-31-26(18-35)25(17-27(36-31)23-11-9-8-10-12-23)22-13-15-24(16-14-22)34(4,5)6/h8-17H,7,19H2,1-6H3,(H,37,39). The zero-order valence-corrected chi connectivity index (χ0v) is 26.7. The van der Waals surface area contributed by atoms with E-state index in [0.717, 1.165) is 39.8 Å². The minimum Gasteiger partial charge on any atom is -0.462 e. The molecule has 0 unspecified atom stereocenters. The number of thioether (sulfide) groups is 1. The lowest BCUT2D eigenvalue weighted by Crippen LogP contribution is -2.16. The Morgan fingerprint density at radius 1 is 1.05 bits per heavy atom. The monoisotopic (exact) mass is 611 g/mol. The highest BCUT2D eigenvalue weighted by Gasteiger charge is 2.26. The summed E-state index contributed by atoms with van der Waals surface area (Å²) in [5.74, 6) is -1.28. The van der Waals surface area contributed by atoms with Crippen LogP contribution in [-0.2, 0) is 14.9 Å². The molecular formula is C34H33N3O4S2. The number of nitrogens with zero attached hydrogens (tertiary/aromatic N) is 2. The van der Waals surface area contributed by atoms with Crippen LogP contribution in [0.3, 0.4) is 0 Å². The molecule has 7 nitrogen and oxygen atoms in total. The number of aromatic nitrogens is 1. The summed E-state index contributed by atoms with van der Waals surface area (Å²) in [6.45, 7) is 11.4. The largest absolute Gasteiger partial charge is 0.462 e. The topological polar surface area (TPSA) is 109 Å². The van der Waals surface area contributed by atoms with Gasteiger partial charge >= 0.3 is 5.97 Å². The lowest BCUT2D eigenvalue weighted by molar-refractivity contribution is -0.113. The first-order valence-corrected chi connectivity index (χ1v) is 15.6. The fourth-order valence-electron chi connectivity index (χ4n) is 4.55. The molecule has 1 N–H and O–H groups in total. The number of anilines is 1. The van der Waals surface area contributed by atoms with E-state index in [4.69, 9.17) is 9.72 Å². The van der Waals surface area contributed by atoms with Gasteiger partial charge in [-0.05, 0) is 48.9 Å². The van der Waals surface area contributed by atoms with E-state index in [-0.39, 0.29) is 34.1 Å². The second-order valence-electron chi connectivity index (χ2n) is 10.9. The van der Waals surface area contributed by atoms with E-state index in [1.54, 1.807) is 13.8 Å². The van der Waals surface area contributed by atoms with Gasteiger partial charge in [-0.2, -0.15) is 5.26 Å². The van der Waals surface area contributed by atoms with Crippen LogP contribution in [0.1, 0.15) is 71.3 Å². The van der Waals surface area contributed by atoms with E-state index in [2.05, 4.69) is 44.3 Å². The van der Waals surface area contributed by atoms with E-state index < -0.39 is 11.9 Å². The fraction of sp³-hybridized carbons (Fsp3) is 0.265. The summed E-state index contributed by atoms with van der Waals surface area (Å²) in [5, 5.41) is 13.7. The number of ether oxygens (including phenoxy) is 1. The van der Waals surface area contributed by atoms with Gasteiger partial charge < -0.3 is 10.1 Å². The number of rotatable bonds is 9. The first-order valence-electron chi connectivity index (χ1n) is 13.8. The van der Waals surface area contributed by atoms with E-state index >= 15 is 0 Å². The van der Waals surface area contributed by atoms with Gasteiger partial charge in [0, 0.05) is 11.1 Å². The van der Waals surface area contributed by atoms with Crippen molar-refractivity contribution in [2.45, 2.75) is 52.0 Å². The molecule has 0 fully saturated rings. The normalized spacial score (nSPS) is 11.1. The Balaban J connectivity index is 1.69. The number of hydrogen-bond acceptors (Lipinski definition) is 8. The highest BCUT2D eigenvalue weighted by Crippen LogP contribution is 2.37. The number of nitriles is 1. The number of nitrogens with one attached hydrogen (secondary N) is 1. The van der Waals surface area contributed by atoms with Gasteiger partial charge in [-0.15, -0.1) is 11.3 Å². The van der Waals surface area contributed by atoms with E-state index in [9.17, 15) is 19.6 Å². The van der Waals surface area contributed by atoms with Crippen molar-refractivity contribution in [3.8, 4) is 28.5 Å². The molecular weight excluding hydrogens is 579 g/mol. The van der Waals surface area contributed by atoms with Gasteiger partial charge in [-0.25, -0.2) is 9.78 Å². The van der Waals surface area contributed by atoms with Crippen molar-refractivity contribution in [1.29, 1.82) is 5.26 Å². The molecule has 0 bridgehead atoms. The van der Waals surface area contributed by atoms with Gasteiger partial charge in [0.1, 0.15) is 16.1 Å². The average molecular weight is 612 g/mol. The molecule has 2 aromatic heterocycles. The number of carbonyl (C=O) groups excluding carboxylic acids is 3. The van der Waals surface area contributed by atoms with Gasteiger partial charge in [0.2, 0.25) is 5.91 Å². The Labute approximate surface area is 260 Å². The molecule has 4 aromatic rings. The van der Waals surface area contributed by atoms with E-state index in [1.807, 2.05) is 48.5 Å². The van der Waals surface area contributed by atoms with Crippen molar-refractivity contribution in [2.24, 2.45) is 0 Å². The molecule has 2 aromatic carbocycles. The van der Waals surface area contributed by atoms with Crippen LogP contribution in [0.2, 0.25) is 0 Å². The lowest BCUT2D eigenvalue weighted by atomic mass is 9.86. The zero-order valence-electron chi connectivity index (χ0n) is 25.0. The molecule has 220 valence electrons. The fourth-order valence-corrected chi connectivity index (χ4v) is 6.46. The van der Waals surface area contributed by atoms with Gasteiger partial charge in [-0.3, -0.25) is 9.59 Å². The number of carbonyl (C=O) groups is 3. The van der Waals surface area contributed by atoms with Crippen molar-refractivity contribution in [3.05, 3.63) is 87.8 Å². The minimum atomic E-state index is -0.599. The summed E-state index contributed by atoms with van der Waals surface area (Å²) < 4.78 is 5.17. The van der Waals surface area contributed by atoms with Crippen molar-refractivity contribution >= 4 is 45.8 Å². The lowest BCUT2D eigenvalue weighted by Gasteiger charge is -2.19. The summed E-state index contributed by atoms with van der Waals surface area (Å²) in [6.07, 6.45) is 0. The number of benzene rings is 2. The SMILES string of the molecule is CCOC(=O)c1c(NC(=O)CSc2nc(-c3ccccc3)cc(-c3ccc(C(C)(C)C)cc3)c2C#N)sc(C(C)=O)c1C. The third-order valence-corrected chi connectivity index (χ3v) is 9.05. The molecule has 2 heterocycles. The molecule has 0 aliphatic rings. The van der Waals surface area contributed by atoms with Crippen LogP contribution in [0.25, 0.3) is 22.4 Å². The predicted octanol–water partition coefficient (Wildman–Crippen LogP) is 8.06. The van der Waals surface area contributed by atoms with Crippen LogP contribution in [0.5, 0.6) is 0 Å². The number of thiophene rings is 1. The van der Waals surface area contributed by atoms with Crippen LogP contribution in [0.4, 0.5) is 5.00 Å². The number of esters is 1. The maximum absolute atomic E-state index is 13.2. The predicted molar refractivity (Wildman–Crippen MR) is 173 cm³/mol. The summed E-state index contributed by atoms with van der Waals surface area (Å²) in [4.78, 5) is 43.2. The number of amides is 1. The van der Waals surface area contributed by atoms with Gasteiger partial charge in [0.25, 0.3) is 0 Å². The van der Waals surface area contributed by atoms with Gasteiger partial charge in [-0.1, -0.05) is 87.1 Å². The molecule has 0 aliphatic carbocycles. The number of Topliss-reactive ketones (excluding diaryl/α,β-unsaturated/α-hetero) is 1. The summed E-state index contributed by atoms with van der Waals surface area (Å²) in [6, 6.07) is 22.0. The van der Waals surface area contributed by atoms with Crippen LogP contribution < -0.4 is 5.32 Å². The average Bonchev–Trinajstić information content (AvgIpc) is 3.31. The van der Waals surface area contributed by atoms with Gasteiger partial charge in [0.05, 0.1) is 34.1 Å². The molecule has 9 heteroatoms. The smallest absolute Gasteiger partial charge is 0.341 e. The molecule has 0 radical (unpaired) electrons. The molecule has 43 heavy (non-hydrogen) atoms. The van der Waals surface area contributed by atoms with Crippen molar-refractivity contribution in [1.82, 2.24) is 4.98 Å². The Hall–Kier alpha value is -4.26. The molecule has 0 atom stereocenters. The first-order chi connectivity index (χ1) is 20.4. The maximum atomic E-state index is 13.2. The third-order valence-electron chi connectivity index (χ3n) is 6.77. The molecule has 0 spiro atoms. The van der Waals surface area contributed by atoms with Gasteiger partial charge in [0.15, 0.2) is 5.78 Å². The molecule has 0 saturated carbocycles. The Bertz CT molecular complexity index is 1710. The summed E-state index contributed by atoms with van der Waals surface area (Å²) >= 11 is 2.19. The molecule has 1 amide bonds. The summed E-state index contributed by atoms with van der Waals surface area (Å²) in [5.41, 5.74) is 5.36. The van der Waals surface area contributed by atoms with Crippen LogP contribution >= 0.6 is 23.1 Å². The number of hydrogen-bond donors (Lipinski definition) is 1. The number of pyridine rings is 1. The quantitative estimate of drug-likeness (QED) is 0.116. The molecule has 0 saturated heterocycles. The zero-order chi connectivity index (χ0) is 31.3. The minimum absolute atomic E-state index is 0.0160. The second kappa shape index (κ2) is 13.4. The maximum Gasteiger partial charge on any atom is 0.341 e.